The maximum Gasteiger partial charge on any atom is 0.258 e. The van der Waals surface area contributed by atoms with E-state index in [1.165, 1.54) is 0 Å². The van der Waals surface area contributed by atoms with Gasteiger partial charge >= 0.3 is 0 Å². The number of hydrogen-bond donors (Lipinski definition) is 2. The predicted octanol–water partition coefficient (Wildman–Crippen LogP) is 0.905. The predicted molar refractivity (Wildman–Crippen MR) is 58.8 cm³/mol. The summed E-state index contributed by atoms with van der Waals surface area (Å²) in [6, 6.07) is 6.98. The summed E-state index contributed by atoms with van der Waals surface area (Å²) in [5.74, 6) is -0.0979. The number of para-hydroxylation sites is 1. The van der Waals surface area contributed by atoms with Crippen LogP contribution in [0.25, 0.3) is 0 Å². The van der Waals surface area contributed by atoms with E-state index in [9.17, 15) is 13.6 Å². The van der Waals surface area contributed by atoms with Crippen LogP contribution in [0.1, 0.15) is 5.56 Å². The lowest BCUT2D eigenvalue weighted by molar-refractivity contribution is -0.123. The molecule has 1 rings (SSSR count). The second-order valence-corrected chi connectivity index (χ2v) is 3.30. The molecular formula is C11H14F2N2O2. The van der Waals surface area contributed by atoms with Crippen molar-refractivity contribution in [2.24, 2.45) is 5.73 Å². The number of nitrogens with one attached hydrogen (secondary N) is 1. The Morgan fingerprint density at radius 3 is 2.76 bits per heavy atom. The fraction of sp³-hybridized carbons (Fsp3) is 0.364. The summed E-state index contributed by atoms with van der Waals surface area (Å²) in [5.41, 5.74) is 6.23. The number of carbonyl (C=O) groups excluding carboxylic acids is 1. The Hall–Kier alpha value is -1.69. The van der Waals surface area contributed by atoms with Gasteiger partial charge in [-0.3, -0.25) is 4.79 Å². The molecule has 0 aliphatic heterocycles. The van der Waals surface area contributed by atoms with Gasteiger partial charge in [0.2, 0.25) is 0 Å². The van der Waals surface area contributed by atoms with Crippen LogP contribution in [0.3, 0.4) is 0 Å². The van der Waals surface area contributed by atoms with Crippen LogP contribution < -0.4 is 15.8 Å². The Balaban J connectivity index is 2.42. The third-order valence-corrected chi connectivity index (χ3v) is 2.00. The summed E-state index contributed by atoms with van der Waals surface area (Å²) in [7, 11) is 0. The Kier molecular flexibility index (Phi) is 5.35. The summed E-state index contributed by atoms with van der Waals surface area (Å²) in [5, 5.41) is 2.04. The lowest BCUT2D eigenvalue weighted by atomic mass is 10.2. The number of ether oxygens (including phenoxy) is 1. The zero-order valence-electron chi connectivity index (χ0n) is 9.16. The van der Waals surface area contributed by atoms with Gasteiger partial charge in [-0.25, -0.2) is 8.78 Å². The van der Waals surface area contributed by atoms with Crippen molar-refractivity contribution in [2.75, 3.05) is 13.2 Å². The van der Waals surface area contributed by atoms with E-state index in [1.807, 2.05) is 5.32 Å². The van der Waals surface area contributed by atoms with Crippen LogP contribution in [-0.2, 0) is 11.3 Å². The average Bonchev–Trinajstić information content (AvgIpc) is 2.34. The standard InChI is InChI=1S/C11H14F2N2O2/c12-10(13)6-15-11(16)7-17-9-4-2-1-3-8(9)5-14/h1-4,10H,5-7,14H2,(H,15,16). The molecule has 0 heterocycles. The lowest BCUT2D eigenvalue weighted by Crippen LogP contribution is -2.32. The Labute approximate surface area is 97.8 Å². The minimum Gasteiger partial charge on any atom is -0.483 e. The maximum absolute atomic E-state index is 11.8. The molecular weight excluding hydrogens is 230 g/mol. The van der Waals surface area contributed by atoms with Gasteiger partial charge in [-0.1, -0.05) is 18.2 Å². The van der Waals surface area contributed by atoms with Gasteiger partial charge in [-0.15, -0.1) is 0 Å². The van der Waals surface area contributed by atoms with E-state index in [2.05, 4.69) is 0 Å². The van der Waals surface area contributed by atoms with Crippen molar-refractivity contribution in [1.82, 2.24) is 5.32 Å². The molecule has 0 aliphatic carbocycles. The highest BCUT2D eigenvalue weighted by Gasteiger charge is 2.08. The Bertz CT molecular complexity index is 372. The summed E-state index contributed by atoms with van der Waals surface area (Å²) < 4.78 is 28.8. The molecule has 3 N–H and O–H groups in total. The van der Waals surface area contributed by atoms with Crippen molar-refractivity contribution >= 4 is 5.91 Å². The van der Waals surface area contributed by atoms with Gasteiger partial charge < -0.3 is 15.8 Å². The molecule has 0 saturated heterocycles. The highest BCUT2D eigenvalue weighted by Crippen LogP contribution is 2.16. The molecule has 0 aliphatic rings. The fourth-order valence-corrected chi connectivity index (χ4v) is 1.20. The van der Waals surface area contributed by atoms with Crippen molar-refractivity contribution in [3.63, 3.8) is 0 Å². The summed E-state index contributed by atoms with van der Waals surface area (Å²) in [6.07, 6.45) is -2.56. The minimum atomic E-state index is -2.56. The molecule has 1 aromatic rings. The molecule has 4 nitrogen and oxygen atoms in total. The SMILES string of the molecule is NCc1ccccc1OCC(=O)NCC(F)F. The summed E-state index contributed by atoms with van der Waals surface area (Å²) in [4.78, 5) is 11.1. The molecule has 0 bridgehead atoms. The number of amides is 1. The number of hydrogen-bond acceptors (Lipinski definition) is 3. The second kappa shape index (κ2) is 6.80. The van der Waals surface area contributed by atoms with E-state index in [1.54, 1.807) is 24.3 Å². The van der Waals surface area contributed by atoms with E-state index >= 15 is 0 Å². The number of halogens is 2. The van der Waals surface area contributed by atoms with E-state index < -0.39 is 18.9 Å². The monoisotopic (exact) mass is 244 g/mol. The van der Waals surface area contributed by atoms with Gasteiger partial charge in [-0.2, -0.15) is 0 Å². The second-order valence-electron chi connectivity index (χ2n) is 3.30. The zero-order valence-corrected chi connectivity index (χ0v) is 9.16. The molecule has 17 heavy (non-hydrogen) atoms. The maximum atomic E-state index is 11.8. The van der Waals surface area contributed by atoms with Crippen molar-refractivity contribution in [2.45, 2.75) is 13.0 Å². The zero-order chi connectivity index (χ0) is 12.7. The molecule has 0 fully saturated rings. The third kappa shape index (κ3) is 4.78. The van der Waals surface area contributed by atoms with E-state index in [-0.39, 0.29) is 13.2 Å². The molecule has 0 aromatic heterocycles. The molecule has 0 unspecified atom stereocenters. The average molecular weight is 244 g/mol. The smallest absolute Gasteiger partial charge is 0.258 e. The van der Waals surface area contributed by atoms with Gasteiger partial charge in [0.05, 0.1) is 6.54 Å². The van der Waals surface area contributed by atoms with Gasteiger partial charge in [0.1, 0.15) is 5.75 Å². The Morgan fingerprint density at radius 1 is 1.41 bits per heavy atom. The van der Waals surface area contributed by atoms with Crippen LogP contribution in [0.4, 0.5) is 8.78 Å². The number of carbonyl (C=O) groups is 1. The number of rotatable bonds is 6. The molecule has 94 valence electrons. The first-order chi connectivity index (χ1) is 8.13. The summed E-state index contributed by atoms with van der Waals surface area (Å²) >= 11 is 0. The van der Waals surface area contributed by atoms with Crippen LogP contribution in [0.2, 0.25) is 0 Å². The largest absolute Gasteiger partial charge is 0.483 e. The lowest BCUT2D eigenvalue weighted by Gasteiger charge is -2.10. The molecule has 1 aromatic carbocycles. The molecule has 6 heteroatoms. The fourth-order valence-electron chi connectivity index (χ4n) is 1.20. The Morgan fingerprint density at radius 2 is 2.12 bits per heavy atom. The van der Waals surface area contributed by atoms with Crippen molar-refractivity contribution in [3.05, 3.63) is 29.8 Å². The molecule has 0 saturated carbocycles. The first kappa shape index (κ1) is 13.4. The van der Waals surface area contributed by atoms with Crippen LogP contribution >= 0.6 is 0 Å². The molecule has 0 atom stereocenters. The van der Waals surface area contributed by atoms with Crippen LogP contribution in [-0.4, -0.2) is 25.5 Å². The van der Waals surface area contributed by atoms with Crippen molar-refractivity contribution in [3.8, 4) is 5.75 Å². The molecule has 0 radical (unpaired) electrons. The van der Waals surface area contributed by atoms with Crippen LogP contribution in [0.5, 0.6) is 5.75 Å². The number of alkyl halides is 2. The minimum absolute atomic E-state index is 0.287. The quantitative estimate of drug-likeness (QED) is 0.781. The van der Waals surface area contributed by atoms with Crippen LogP contribution in [0.15, 0.2) is 24.3 Å². The molecule has 0 spiro atoms. The first-order valence-corrected chi connectivity index (χ1v) is 5.09. The van der Waals surface area contributed by atoms with Gasteiger partial charge in [0.25, 0.3) is 12.3 Å². The highest BCUT2D eigenvalue weighted by atomic mass is 19.3. The van der Waals surface area contributed by atoms with Gasteiger partial charge in [-0.05, 0) is 6.07 Å². The van der Waals surface area contributed by atoms with E-state index in [0.717, 1.165) is 5.56 Å². The van der Waals surface area contributed by atoms with Gasteiger partial charge in [0, 0.05) is 12.1 Å². The normalized spacial score (nSPS) is 10.4. The summed E-state index contributed by atoms with van der Waals surface area (Å²) in [6.45, 7) is -0.681. The molecule has 1 amide bonds. The third-order valence-electron chi connectivity index (χ3n) is 2.00. The topological polar surface area (TPSA) is 64.3 Å². The van der Waals surface area contributed by atoms with E-state index in [0.29, 0.717) is 5.75 Å². The van der Waals surface area contributed by atoms with Gasteiger partial charge in [0.15, 0.2) is 6.61 Å². The van der Waals surface area contributed by atoms with E-state index in [4.69, 9.17) is 10.5 Å². The first-order valence-electron chi connectivity index (χ1n) is 5.09. The number of nitrogens with two attached hydrogens (primary N) is 1. The number of benzene rings is 1. The van der Waals surface area contributed by atoms with Crippen molar-refractivity contribution < 1.29 is 18.3 Å². The van der Waals surface area contributed by atoms with Crippen molar-refractivity contribution in [1.29, 1.82) is 0 Å². The van der Waals surface area contributed by atoms with Crippen LogP contribution in [0, 0.1) is 0 Å². The highest BCUT2D eigenvalue weighted by molar-refractivity contribution is 5.77.